The second kappa shape index (κ2) is 9.65. The van der Waals surface area contributed by atoms with Gasteiger partial charge in [0.1, 0.15) is 0 Å². The number of sulfone groups is 1. The Balaban J connectivity index is 2.16. The Morgan fingerprint density at radius 3 is 2.58 bits per heavy atom. The third-order valence-corrected chi connectivity index (χ3v) is 5.62. The largest absolute Gasteiger partial charge is 0.464 e. The molecule has 0 amide bonds. The maximum Gasteiger partial charge on any atom is 0.360 e. The highest BCUT2D eigenvalue weighted by molar-refractivity contribution is 7.91. The minimum atomic E-state index is -3.41. The van der Waals surface area contributed by atoms with Crippen molar-refractivity contribution in [2.24, 2.45) is 5.16 Å². The molecule has 0 aliphatic carbocycles. The second-order valence-electron chi connectivity index (χ2n) is 5.71. The Morgan fingerprint density at radius 2 is 2.00 bits per heavy atom. The van der Waals surface area contributed by atoms with Gasteiger partial charge in [-0.25, -0.2) is 13.2 Å². The van der Waals surface area contributed by atoms with Crippen LogP contribution >= 0.6 is 0 Å². The lowest BCUT2D eigenvalue weighted by molar-refractivity contribution is -0.132. The molecule has 0 spiro atoms. The van der Waals surface area contributed by atoms with Crippen LogP contribution in [0.2, 0.25) is 0 Å². The van der Waals surface area contributed by atoms with Gasteiger partial charge in [-0.05, 0) is 18.6 Å². The molecule has 1 aliphatic heterocycles. The van der Waals surface area contributed by atoms with E-state index in [0.29, 0.717) is 38.2 Å². The summed E-state index contributed by atoms with van der Waals surface area (Å²) in [5.41, 5.74) is 0.384. The Labute approximate surface area is 153 Å². The number of ether oxygens (including phenoxy) is 3. The maximum absolute atomic E-state index is 12.3. The number of nitrogens with zero attached hydrogens (tertiary/aromatic N) is 1. The highest BCUT2D eigenvalue weighted by Crippen LogP contribution is 2.16. The number of hydrogen-bond donors (Lipinski definition) is 0. The number of carbonyl (C=O) groups excluding carboxylic acids is 1. The van der Waals surface area contributed by atoms with Crippen LogP contribution < -0.4 is 0 Å². The lowest BCUT2D eigenvalue weighted by Gasteiger charge is -2.09. The molecule has 0 saturated carbocycles. The van der Waals surface area contributed by atoms with Crippen LogP contribution in [0.25, 0.3) is 0 Å². The SMILES string of the molecule is COCCCS(=O)(=O)c1ccc(/C(=N\O[C@@H]2CCOC2)C(=O)OC)cc1. The van der Waals surface area contributed by atoms with Gasteiger partial charge in [0.15, 0.2) is 21.7 Å². The highest BCUT2D eigenvalue weighted by atomic mass is 32.2. The monoisotopic (exact) mass is 385 g/mol. The molecule has 26 heavy (non-hydrogen) atoms. The molecule has 144 valence electrons. The molecule has 1 heterocycles. The molecule has 0 N–H and O–H groups in total. The predicted octanol–water partition coefficient (Wildman–Crippen LogP) is 1.18. The number of esters is 1. The van der Waals surface area contributed by atoms with Gasteiger partial charge in [-0.1, -0.05) is 17.3 Å². The van der Waals surface area contributed by atoms with Crippen LogP contribution in [0, 0.1) is 0 Å². The van der Waals surface area contributed by atoms with Crippen molar-refractivity contribution < 1.29 is 32.3 Å². The first-order valence-corrected chi connectivity index (χ1v) is 9.85. The van der Waals surface area contributed by atoms with Crippen molar-refractivity contribution in [3.8, 4) is 0 Å². The number of hydrogen-bond acceptors (Lipinski definition) is 8. The van der Waals surface area contributed by atoms with E-state index in [1.54, 1.807) is 0 Å². The minimum absolute atomic E-state index is 0.0110. The Hall–Kier alpha value is -1.97. The van der Waals surface area contributed by atoms with E-state index in [-0.39, 0.29) is 22.5 Å². The fourth-order valence-corrected chi connectivity index (χ4v) is 3.64. The summed E-state index contributed by atoms with van der Waals surface area (Å²) in [4.78, 5) is 17.5. The second-order valence-corrected chi connectivity index (χ2v) is 7.82. The molecule has 9 heteroatoms. The van der Waals surface area contributed by atoms with Gasteiger partial charge in [-0.15, -0.1) is 0 Å². The molecule has 1 fully saturated rings. The molecule has 1 aromatic carbocycles. The van der Waals surface area contributed by atoms with Gasteiger partial charge in [-0.2, -0.15) is 0 Å². The number of rotatable bonds is 9. The molecule has 1 aliphatic rings. The van der Waals surface area contributed by atoms with Gasteiger partial charge in [0.05, 0.1) is 31.0 Å². The summed E-state index contributed by atoms with van der Waals surface area (Å²) in [5, 5.41) is 3.90. The molecule has 0 aromatic heterocycles. The van der Waals surface area contributed by atoms with E-state index in [0.717, 1.165) is 0 Å². The fourth-order valence-electron chi connectivity index (χ4n) is 2.36. The molecule has 2 rings (SSSR count). The van der Waals surface area contributed by atoms with Crippen molar-refractivity contribution in [1.29, 1.82) is 0 Å². The van der Waals surface area contributed by atoms with Crippen LogP contribution in [0.1, 0.15) is 18.4 Å². The summed E-state index contributed by atoms with van der Waals surface area (Å²) < 4.78 is 39.3. The summed E-state index contributed by atoms with van der Waals surface area (Å²) in [6.07, 6.45) is 0.888. The van der Waals surface area contributed by atoms with E-state index in [4.69, 9.17) is 19.0 Å². The van der Waals surface area contributed by atoms with Crippen LogP contribution in [0.5, 0.6) is 0 Å². The number of carbonyl (C=O) groups is 1. The standard InChI is InChI=1S/C17H23NO7S/c1-22-9-3-11-26(20,21)15-6-4-13(5-7-15)16(17(19)23-2)18-25-14-8-10-24-12-14/h4-7,14H,3,8-12H2,1-2H3/b18-16+/t14-/m1/s1. The van der Waals surface area contributed by atoms with Gasteiger partial charge in [0.2, 0.25) is 0 Å². The third-order valence-electron chi connectivity index (χ3n) is 3.81. The first-order valence-electron chi connectivity index (χ1n) is 8.20. The molecule has 8 nitrogen and oxygen atoms in total. The van der Waals surface area contributed by atoms with Gasteiger partial charge in [0, 0.05) is 25.7 Å². The van der Waals surface area contributed by atoms with E-state index < -0.39 is 15.8 Å². The number of methoxy groups -OCH3 is 2. The summed E-state index contributed by atoms with van der Waals surface area (Å²) >= 11 is 0. The Morgan fingerprint density at radius 1 is 1.27 bits per heavy atom. The van der Waals surface area contributed by atoms with E-state index >= 15 is 0 Å². The quantitative estimate of drug-likeness (QED) is 0.272. The fraction of sp³-hybridized carbons (Fsp3) is 0.529. The van der Waals surface area contributed by atoms with Crippen molar-refractivity contribution >= 4 is 21.5 Å². The van der Waals surface area contributed by atoms with Crippen molar-refractivity contribution in [3.63, 3.8) is 0 Å². The summed E-state index contributed by atoms with van der Waals surface area (Å²) in [5.74, 6) is -0.678. The van der Waals surface area contributed by atoms with Crippen molar-refractivity contribution in [2.75, 3.05) is 39.8 Å². The van der Waals surface area contributed by atoms with Crippen LogP contribution in [-0.2, 0) is 33.7 Å². The van der Waals surface area contributed by atoms with Crippen molar-refractivity contribution in [1.82, 2.24) is 0 Å². The number of benzene rings is 1. The molecule has 1 atom stereocenters. The lowest BCUT2D eigenvalue weighted by Crippen LogP contribution is -2.20. The Bertz CT molecular complexity index is 722. The smallest absolute Gasteiger partial charge is 0.360 e. The average Bonchev–Trinajstić information content (AvgIpc) is 3.15. The summed E-state index contributed by atoms with van der Waals surface area (Å²) in [6.45, 7) is 1.37. The van der Waals surface area contributed by atoms with E-state index in [1.807, 2.05) is 0 Å². The zero-order chi connectivity index (χ0) is 19.0. The van der Waals surface area contributed by atoms with E-state index in [1.165, 1.54) is 38.5 Å². The molecule has 0 unspecified atom stereocenters. The molecule has 1 aromatic rings. The van der Waals surface area contributed by atoms with Crippen molar-refractivity contribution in [3.05, 3.63) is 29.8 Å². The lowest BCUT2D eigenvalue weighted by atomic mass is 10.1. The topological polar surface area (TPSA) is 100 Å². The molecule has 1 saturated heterocycles. The minimum Gasteiger partial charge on any atom is -0.464 e. The molecular weight excluding hydrogens is 362 g/mol. The molecule has 0 bridgehead atoms. The molecule has 0 radical (unpaired) electrons. The van der Waals surface area contributed by atoms with Gasteiger partial charge < -0.3 is 19.0 Å². The van der Waals surface area contributed by atoms with Crippen molar-refractivity contribution in [2.45, 2.75) is 23.8 Å². The van der Waals surface area contributed by atoms with E-state index in [9.17, 15) is 13.2 Å². The molecular formula is C17H23NO7S. The van der Waals surface area contributed by atoms with Gasteiger partial charge in [-0.3, -0.25) is 0 Å². The van der Waals surface area contributed by atoms with Crippen LogP contribution in [0.15, 0.2) is 34.3 Å². The first-order chi connectivity index (χ1) is 12.5. The maximum atomic E-state index is 12.3. The van der Waals surface area contributed by atoms with Crippen LogP contribution in [0.4, 0.5) is 0 Å². The predicted molar refractivity (Wildman–Crippen MR) is 93.8 cm³/mol. The van der Waals surface area contributed by atoms with Gasteiger partial charge >= 0.3 is 5.97 Å². The first kappa shape index (κ1) is 20.3. The zero-order valence-electron chi connectivity index (χ0n) is 14.8. The third kappa shape index (κ3) is 5.52. The number of oxime groups is 1. The zero-order valence-corrected chi connectivity index (χ0v) is 15.7. The van der Waals surface area contributed by atoms with Crippen LogP contribution in [0.3, 0.4) is 0 Å². The summed E-state index contributed by atoms with van der Waals surface area (Å²) in [7, 11) is -0.646. The Kier molecular flexibility index (Phi) is 7.55. The van der Waals surface area contributed by atoms with E-state index in [2.05, 4.69) is 5.16 Å². The summed E-state index contributed by atoms with van der Waals surface area (Å²) in [6, 6.07) is 5.89. The highest BCUT2D eigenvalue weighted by Gasteiger charge is 2.21. The average molecular weight is 385 g/mol. The normalized spacial score (nSPS) is 17.9. The van der Waals surface area contributed by atoms with Crippen LogP contribution in [-0.4, -0.2) is 66.0 Å². The van der Waals surface area contributed by atoms with Gasteiger partial charge in [0.25, 0.3) is 0 Å².